The number of hydrogen-bond donors (Lipinski definition) is 0. The first-order valence-corrected chi connectivity index (χ1v) is 20.8. The van der Waals surface area contributed by atoms with Gasteiger partial charge in [0, 0.05) is 73.0 Å². The smallest absolute Gasteiger partial charge is 0.308 e. The number of para-hydroxylation sites is 2. The molecule has 0 saturated carbocycles. The van der Waals surface area contributed by atoms with Gasteiger partial charge in [-0.05, 0) is 60.7 Å². The van der Waals surface area contributed by atoms with Gasteiger partial charge < -0.3 is 9.13 Å². The molecule has 12 aromatic rings. The summed E-state index contributed by atoms with van der Waals surface area (Å²) in [4.78, 5) is 0. The average molecular weight is 815 g/mol. The standard InChI is InChI=1S/C51H25F3N4S2/c52-51(53,54)36-15-9-10-29(27-56)45(36)48-39(57-37-16-5-1-11-30(37)32-20-22-43-46(49(32)57)34-13-3-7-18-41(34)59-43)24-28(26-55)25-40(48)58-38-17-6-2-12-31(38)33-21-23-44-47(50(33)58)35-14-4-8-19-42(35)60-44/h1-25H. The lowest BCUT2D eigenvalue weighted by Crippen LogP contribution is -2.12. The minimum atomic E-state index is -4.83. The van der Waals surface area contributed by atoms with Crippen LogP contribution in [0.2, 0.25) is 0 Å². The maximum absolute atomic E-state index is 15.7. The third-order valence-corrected chi connectivity index (χ3v) is 14.1. The van der Waals surface area contributed by atoms with Crippen LogP contribution in [0.3, 0.4) is 0 Å². The molecule has 8 aromatic carbocycles. The average Bonchev–Trinajstić information content (AvgIpc) is 4.02. The fourth-order valence-corrected chi connectivity index (χ4v) is 11.7. The highest BCUT2D eigenvalue weighted by Crippen LogP contribution is 2.51. The number of nitrogens with zero attached hydrogens (tertiary/aromatic N) is 4. The number of fused-ring (bicyclic) bond motifs is 14. The van der Waals surface area contributed by atoms with Crippen LogP contribution in [0, 0.1) is 22.7 Å². The van der Waals surface area contributed by atoms with Gasteiger partial charge in [0.05, 0.1) is 62.3 Å². The van der Waals surface area contributed by atoms with Gasteiger partial charge in [-0.3, -0.25) is 0 Å². The zero-order valence-electron chi connectivity index (χ0n) is 31.2. The van der Waals surface area contributed by atoms with Gasteiger partial charge in [-0.1, -0.05) is 91.0 Å². The number of benzene rings is 8. The number of alkyl halides is 3. The van der Waals surface area contributed by atoms with Gasteiger partial charge in [0.2, 0.25) is 0 Å². The molecule has 0 radical (unpaired) electrons. The first kappa shape index (κ1) is 34.6. The van der Waals surface area contributed by atoms with E-state index in [4.69, 9.17) is 0 Å². The Hall–Kier alpha value is -7.43. The van der Waals surface area contributed by atoms with Crippen LogP contribution in [0.25, 0.3) is 106 Å². The first-order chi connectivity index (χ1) is 29.3. The van der Waals surface area contributed by atoms with Crippen LogP contribution in [-0.4, -0.2) is 9.13 Å². The lowest BCUT2D eigenvalue weighted by molar-refractivity contribution is -0.137. The third kappa shape index (κ3) is 4.70. The molecule has 0 saturated heterocycles. The number of hydrogen-bond acceptors (Lipinski definition) is 4. The van der Waals surface area contributed by atoms with Gasteiger partial charge in [-0.2, -0.15) is 23.7 Å². The van der Waals surface area contributed by atoms with E-state index in [1.54, 1.807) is 34.8 Å². The second kappa shape index (κ2) is 12.5. The molecule has 4 nitrogen and oxygen atoms in total. The lowest BCUT2D eigenvalue weighted by atomic mass is 9.90. The summed E-state index contributed by atoms with van der Waals surface area (Å²) in [6.07, 6.45) is -4.83. The predicted octanol–water partition coefficient (Wildman–Crippen LogP) is 15.0. The molecule has 0 unspecified atom stereocenters. The monoisotopic (exact) mass is 814 g/mol. The summed E-state index contributed by atoms with van der Waals surface area (Å²) < 4.78 is 55.3. The summed E-state index contributed by atoms with van der Waals surface area (Å²) in [5, 5.41) is 29.4. The molecule has 0 N–H and O–H groups in total. The highest BCUT2D eigenvalue weighted by atomic mass is 32.1. The summed E-state index contributed by atoms with van der Waals surface area (Å²) in [6.45, 7) is 0. The van der Waals surface area contributed by atoms with Crippen LogP contribution < -0.4 is 0 Å². The number of aromatic nitrogens is 2. The van der Waals surface area contributed by atoms with E-state index < -0.39 is 11.7 Å². The van der Waals surface area contributed by atoms with Gasteiger partial charge >= 0.3 is 6.18 Å². The van der Waals surface area contributed by atoms with E-state index in [1.807, 2.05) is 81.9 Å². The number of nitriles is 2. The van der Waals surface area contributed by atoms with Gasteiger partial charge in [0.15, 0.2) is 0 Å². The van der Waals surface area contributed by atoms with Crippen LogP contribution in [0.5, 0.6) is 0 Å². The van der Waals surface area contributed by atoms with Crippen LogP contribution >= 0.6 is 22.7 Å². The van der Waals surface area contributed by atoms with Crippen molar-refractivity contribution in [3.63, 3.8) is 0 Å². The van der Waals surface area contributed by atoms with Crippen LogP contribution in [-0.2, 0) is 6.18 Å². The zero-order chi connectivity index (χ0) is 40.4. The first-order valence-electron chi connectivity index (χ1n) is 19.2. The predicted molar refractivity (Wildman–Crippen MR) is 241 cm³/mol. The van der Waals surface area contributed by atoms with Crippen LogP contribution in [0.15, 0.2) is 152 Å². The second-order valence-corrected chi connectivity index (χ2v) is 17.1. The van der Waals surface area contributed by atoms with E-state index in [0.717, 1.165) is 90.0 Å². The van der Waals surface area contributed by atoms with E-state index in [-0.39, 0.29) is 22.3 Å². The number of rotatable bonds is 3. The highest BCUT2D eigenvalue weighted by Gasteiger charge is 2.37. The Morgan fingerprint density at radius 3 is 1.42 bits per heavy atom. The molecule has 282 valence electrons. The number of halogens is 3. The van der Waals surface area contributed by atoms with Gasteiger partial charge in [-0.25, -0.2) is 0 Å². The number of thiophene rings is 2. The molecule has 0 fully saturated rings. The molecule has 0 atom stereocenters. The Kier molecular flexibility index (Phi) is 7.23. The maximum Gasteiger partial charge on any atom is 0.417 e. The molecule has 4 aromatic heterocycles. The zero-order valence-corrected chi connectivity index (χ0v) is 32.8. The second-order valence-electron chi connectivity index (χ2n) is 14.9. The molecule has 0 spiro atoms. The van der Waals surface area contributed by atoms with Crippen molar-refractivity contribution in [2.24, 2.45) is 0 Å². The molecule has 0 amide bonds. The molecule has 60 heavy (non-hydrogen) atoms. The van der Waals surface area contributed by atoms with Crippen molar-refractivity contribution >= 4 is 107 Å². The van der Waals surface area contributed by atoms with Crippen molar-refractivity contribution in [2.75, 3.05) is 0 Å². The molecule has 0 aliphatic rings. The molecular weight excluding hydrogens is 790 g/mol. The Morgan fingerprint density at radius 1 is 0.450 bits per heavy atom. The molecule has 4 heterocycles. The van der Waals surface area contributed by atoms with Crippen LogP contribution in [0.4, 0.5) is 13.2 Å². The fourth-order valence-electron chi connectivity index (χ4n) is 9.47. The quantitative estimate of drug-likeness (QED) is 0.178. The van der Waals surface area contributed by atoms with Crippen molar-refractivity contribution in [3.8, 4) is 34.6 Å². The van der Waals surface area contributed by atoms with E-state index in [1.165, 1.54) is 12.1 Å². The van der Waals surface area contributed by atoms with Gasteiger partial charge in [-0.15, -0.1) is 22.7 Å². The highest BCUT2D eigenvalue weighted by molar-refractivity contribution is 7.26. The Bertz CT molecular complexity index is 3710. The lowest BCUT2D eigenvalue weighted by Gasteiger charge is -2.24. The van der Waals surface area contributed by atoms with Crippen LogP contribution in [0.1, 0.15) is 16.7 Å². The van der Waals surface area contributed by atoms with Gasteiger partial charge in [0.1, 0.15) is 0 Å². The fraction of sp³-hybridized carbons (Fsp3) is 0.0196. The summed E-state index contributed by atoms with van der Waals surface area (Å²) in [6, 6.07) is 52.2. The largest absolute Gasteiger partial charge is 0.417 e. The normalized spacial score (nSPS) is 12.2. The summed E-state index contributed by atoms with van der Waals surface area (Å²) in [5.41, 5.74) is 2.99. The third-order valence-electron chi connectivity index (χ3n) is 11.8. The van der Waals surface area contributed by atoms with Crippen molar-refractivity contribution in [1.82, 2.24) is 9.13 Å². The molecule has 0 aliphatic carbocycles. The Morgan fingerprint density at radius 2 is 0.933 bits per heavy atom. The SMILES string of the molecule is N#Cc1cc(-n2c3ccccc3c3ccc4sc5ccccc5c4c32)c(-c2c(C#N)cccc2C(F)(F)F)c(-n2c3ccccc3c3ccc4sc5ccccc5c4c32)c1. The van der Waals surface area contributed by atoms with Gasteiger partial charge in [0.25, 0.3) is 0 Å². The van der Waals surface area contributed by atoms with E-state index >= 15 is 13.2 Å². The molecule has 0 bridgehead atoms. The van der Waals surface area contributed by atoms with Crippen molar-refractivity contribution in [3.05, 3.63) is 168 Å². The Labute approximate surface area is 347 Å². The summed E-state index contributed by atoms with van der Waals surface area (Å²) in [5.74, 6) is 0. The summed E-state index contributed by atoms with van der Waals surface area (Å²) in [7, 11) is 0. The topological polar surface area (TPSA) is 57.4 Å². The minimum absolute atomic E-state index is 0.129. The molecular formula is C51H25F3N4S2. The van der Waals surface area contributed by atoms with E-state index in [9.17, 15) is 10.5 Å². The molecule has 0 aliphatic heterocycles. The van der Waals surface area contributed by atoms with E-state index in [0.29, 0.717) is 11.4 Å². The van der Waals surface area contributed by atoms with Crippen molar-refractivity contribution in [2.45, 2.75) is 6.18 Å². The van der Waals surface area contributed by atoms with E-state index in [2.05, 4.69) is 60.7 Å². The van der Waals surface area contributed by atoms with Crippen molar-refractivity contribution < 1.29 is 13.2 Å². The molecule has 9 heteroatoms. The minimum Gasteiger partial charge on any atom is -0.308 e. The molecule has 12 rings (SSSR count). The van der Waals surface area contributed by atoms with Crippen molar-refractivity contribution in [1.29, 1.82) is 10.5 Å². The maximum atomic E-state index is 15.7. The Balaban J connectivity index is 1.38. The summed E-state index contributed by atoms with van der Waals surface area (Å²) >= 11 is 3.31.